The number of benzene rings is 2. The highest BCUT2D eigenvalue weighted by Crippen LogP contribution is 2.37. The summed E-state index contributed by atoms with van der Waals surface area (Å²) in [6.45, 7) is 1.71. The van der Waals surface area contributed by atoms with Crippen molar-refractivity contribution in [1.29, 1.82) is 0 Å². The van der Waals surface area contributed by atoms with Crippen LogP contribution in [0, 0.1) is 18.6 Å². The standard InChI is InChI=1S/C20H20F2N2O4/c1-11-16(28-12-4-5-13(21)14(22)10-12)7-8-17(27-3)19(11)23-20(26)15-6-9-18(25)24(15)2/h4-5,7-8,10,15H,6,9H2,1-3H3,(H,23,26). The summed E-state index contributed by atoms with van der Waals surface area (Å²) in [4.78, 5) is 25.7. The Morgan fingerprint density at radius 3 is 2.50 bits per heavy atom. The predicted molar refractivity (Wildman–Crippen MR) is 98.6 cm³/mol. The molecule has 0 saturated carbocycles. The molecule has 0 aromatic heterocycles. The molecule has 2 amide bonds. The van der Waals surface area contributed by atoms with Gasteiger partial charge in [0.1, 0.15) is 23.3 Å². The number of rotatable bonds is 5. The number of hydrogen-bond donors (Lipinski definition) is 1. The first-order valence-corrected chi connectivity index (χ1v) is 8.69. The van der Waals surface area contributed by atoms with Crippen LogP contribution in [-0.4, -0.2) is 36.9 Å². The Kier molecular flexibility index (Phi) is 5.48. The van der Waals surface area contributed by atoms with E-state index < -0.39 is 17.7 Å². The van der Waals surface area contributed by atoms with Gasteiger partial charge in [0.2, 0.25) is 11.8 Å². The molecule has 1 unspecified atom stereocenters. The van der Waals surface area contributed by atoms with E-state index in [0.717, 1.165) is 12.1 Å². The molecule has 1 aliphatic heterocycles. The average Bonchev–Trinajstić information content (AvgIpc) is 3.00. The molecule has 0 radical (unpaired) electrons. The summed E-state index contributed by atoms with van der Waals surface area (Å²) < 4.78 is 37.5. The fraction of sp³-hybridized carbons (Fsp3) is 0.300. The van der Waals surface area contributed by atoms with Crippen LogP contribution in [0.5, 0.6) is 17.2 Å². The lowest BCUT2D eigenvalue weighted by atomic mass is 10.1. The molecule has 148 valence electrons. The van der Waals surface area contributed by atoms with Crippen LogP contribution in [0.1, 0.15) is 18.4 Å². The monoisotopic (exact) mass is 390 g/mol. The van der Waals surface area contributed by atoms with E-state index in [1.165, 1.54) is 18.1 Å². The molecule has 8 heteroatoms. The summed E-state index contributed by atoms with van der Waals surface area (Å²) in [7, 11) is 3.05. The molecule has 28 heavy (non-hydrogen) atoms. The van der Waals surface area contributed by atoms with Crippen LogP contribution in [-0.2, 0) is 9.59 Å². The van der Waals surface area contributed by atoms with Gasteiger partial charge in [-0.25, -0.2) is 8.78 Å². The van der Waals surface area contributed by atoms with Crippen LogP contribution in [0.3, 0.4) is 0 Å². The number of carbonyl (C=O) groups is 2. The molecule has 2 aromatic carbocycles. The molecule has 1 atom stereocenters. The zero-order valence-electron chi connectivity index (χ0n) is 15.7. The van der Waals surface area contributed by atoms with Crippen molar-refractivity contribution in [3.05, 3.63) is 47.5 Å². The first-order valence-electron chi connectivity index (χ1n) is 8.69. The maximum Gasteiger partial charge on any atom is 0.247 e. The number of carbonyl (C=O) groups excluding carboxylic acids is 2. The highest BCUT2D eigenvalue weighted by atomic mass is 19.2. The number of nitrogens with zero attached hydrogens (tertiary/aromatic N) is 1. The average molecular weight is 390 g/mol. The largest absolute Gasteiger partial charge is 0.495 e. The summed E-state index contributed by atoms with van der Waals surface area (Å²) in [5, 5.41) is 2.80. The van der Waals surface area contributed by atoms with Crippen molar-refractivity contribution < 1.29 is 27.8 Å². The highest BCUT2D eigenvalue weighted by molar-refractivity contribution is 6.00. The molecule has 1 N–H and O–H groups in total. The summed E-state index contributed by atoms with van der Waals surface area (Å²) in [6, 6.07) is 5.86. The van der Waals surface area contributed by atoms with Crippen LogP contribution < -0.4 is 14.8 Å². The molecule has 1 aliphatic rings. The first kappa shape index (κ1) is 19.6. The topological polar surface area (TPSA) is 67.9 Å². The van der Waals surface area contributed by atoms with Crippen LogP contribution in [0.2, 0.25) is 0 Å². The quantitative estimate of drug-likeness (QED) is 0.847. The Hall–Kier alpha value is -3.16. The van der Waals surface area contributed by atoms with Crippen LogP contribution in [0.25, 0.3) is 0 Å². The number of likely N-dealkylation sites (N-methyl/N-ethyl adjacent to an activating group) is 1. The van der Waals surface area contributed by atoms with Gasteiger partial charge in [0.15, 0.2) is 11.6 Å². The Morgan fingerprint density at radius 1 is 1.18 bits per heavy atom. The summed E-state index contributed by atoms with van der Waals surface area (Å²) in [5.41, 5.74) is 0.935. The number of halogens is 2. The number of likely N-dealkylation sites (tertiary alicyclic amines) is 1. The Bertz CT molecular complexity index is 933. The van der Waals surface area contributed by atoms with E-state index in [1.54, 1.807) is 26.1 Å². The number of ether oxygens (including phenoxy) is 2. The van der Waals surface area contributed by atoms with Crippen molar-refractivity contribution >= 4 is 17.5 Å². The van der Waals surface area contributed by atoms with E-state index in [2.05, 4.69) is 5.32 Å². The molecule has 3 rings (SSSR count). The van der Waals surface area contributed by atoms with E-state index >= 15 is 0 Å². The van der Waals surface area contributed by atoms with Crippen molar-refractivity contribution in [3.8, 4) is 17.2 Å². The SMILES string of the molecule is COc1ccc(Oc2ccc(F)c(F)c2)c(C)c1NC(=O)C1CCC(=O)N1C. The minimum atomic E-state index is -1.02. The van der Waals surface area contributed by atoms with Crippen molar-refractivity contribution in [2.24, 2.45) is 0 Å². The molecule has 1 saturated heterocycles. The van der Waals surface area contributed by atoms with Gasteiger partial charge < -0.3 is 19.7 Å². The maximum absolute atomic E-state index is 13.4. The summed E-state index contributed by atoms with van der Waals surface area (Å²) in [5.74, 6) is -1.54. The van der Waals surface area contributed by atoms with Gasteiger partial charge in [-0.2, -0.15) is 0 Å². The number of nitrogens with one attached hydrogen (secondary N) is 1. The molecular weight excluding hydrogens is 370 g/mol. The van der Waals surface area contributed by atoms with Crippen molar-refractivity contribution in [2.45, 2.75) is 25.8 Å². The van der Waals surface area contributed by atoms with Gasteiger partial charge >= 0.3 is 0 Å². The minimum absolute atomic E-state index is 0.0840. The van der Waals surface area contributed by atoms with Gasteiger partial charge in [-0.1, -0.05) is 0 Å². The molecule has 6 nitrogen and oxygen atoms in total. The third-order valence-corrected chi connectivity index (χ3v) is 4.76. The Balaban J connectivity index is 1.87. The van der Waals surface area contributed by atoms with E-state index in [1.807, 2.05) is 0 Å². The van der Waals surface area contributed by atoms with Crippen LogP contribution in [0.15, 0.2) is 30.3 Å². The normalized spacial score (nSPS) is 16.2. The lowest BCUT2D eigenvalue weighted by molar-refractivity contribution is -0.131. The fourth-order valence-corrected chi connectivity index (χ4v) is 3.09. The number of hydrogen-bond acceptors (Lipinski definition) is 4. The Morgan fingerprint density at radius 2 is 1.89 bits per heavy atom. The Labute approximate surface area is 161 Å². The molecule has 0 aliphatic carbocycles. The second-order valence-corrected chi connectivity index (χ2v) is 6.49. The lowest BCUT2D eigenvalue weighted by Gasteiger charge is -2.21. The van der Waals surface area contributed by atoms with E-state index in [0.29, 0.717) is 35.6 Å². The number of amides is 2. The van der Waals surface area contributed by atoms with Crippen LogP contribution >= 0.6 is 0 Å². The van der Waals surface area contributed by atoms with Gasteiger partial charge in [-0.15, -0.1) is 0 Å². The van der Waals surface area contributed by atoms with Gasteiger partial charge in [0, 0.05) is 25.1 Å². The van der Waals surface area contributed by atoms with Crippen molar-refractivity contribution in [1.82, 2.24) is 4.90 Å². The predicted octanol–water partition coefficient (Wildman–Crippen LogP) is 3.63. The fourth-order valence-electron chi connectivity index (χ4n) is 3.09. The minimum Gasteiger partial charge on any atom is -0.495 e. The van der Waals surface area contributed by atoms with E-state index in [4.69, 9.17) is 9.47 Å². The van der Waals surface area contributed by atoms with Gasteiger partial charge in [0.05, 0.1) is 12.8 Å². The second-order valence-electron chi connectivity index (χ2n) is 6.49. The molecular formula is C20H20F2N2O4. The zero-order chi connectivity index (χ0) is 20.4. The number of methoxy groups -OCH3 is 1. The highest BCUT2D eigenvalue weighted by Gasteiger charge is 2.33. The van der Waals surface area contributed by atoms with Crippen molar-refractivity contribution in [3.63, 3.8) is 0 Å². The zero-order valence-corrected chi connectivity index (χ0v) is 15.7. The van der Waals surface area contributed by atoms with Gasteiger partial charge in [-0.05, 0) is 37.6 Å². The molecule has 1 fully saturated rings. The molecule has 0 bridgehead atoms. The second kappa shape index (κ2) is 7.84. The summed E-state index contributed by atoms with van der Waals surface area (Å²) >= 11 is 0. The third-order valence-electron chi connectivity index (χ3n) is 4.76. The molecule has 0 spiro atoms. The lowest BCUT2D eigenvalue weighted by Crippen LogP contribution is -2.39. The molecule has 2 aromatic rings. The van der Waals surface area contributed by atoms with E-state index in [-0.39, 0.29) is 17.6 Å². The molecule has 1 heterocycles. The smallest absolute Gasteiger partial charge is 0.247 e. The third kappa shape index (κ3) is 3.76. The number of anilines is 1. The van der Waals surface area contributed by atoms with Gasteiger partial charge in [0.25, 0.3) is 0 Å². The van der Waals surface area contributed by atoms with Gasteiger partial charge in [-0.3, -0.25) is 9.59 Å². The summed E-state index contributed by atoms with van der Waals surface area (Å²) in [6.07, 6.45) is 0.761. The first-order chi connectivity index (χ1) is 13.3. The van der Waals surface area contributed by atoms with Crippen LogP contribution in [0.4, 0.5) is 14.5 Å². The van der Waals surface area contributed by atoms with E-state index in [9.17, 15) is 18.4 Å². The maximum atomic E-state index is 13.4. The van der Waals surface area contributed by atoms with Crippen molar-refractivity contribution in [2.75, 3.05) is 19.5 Å².